The topological polar surface area (TPSA) is 86.8 Å². The number of hydrogen-bond donors (Lipinski definition) is 1. The number of carbonyl (C=O) groups is 2. The molecule has 3 aromatic rings. The maximum atomic E-state index is 14.2. The molecule has 41 heavy (non-hydrogen) atoms. The van der Waals surface area contributed by atoms with Gasteiger partial charge >= 0.3 is 0 Å². The number of anilines is 1. The maximum absolute atomic E-state index is 14.2. The van der Waals surface area contributed by atoms with Crippen molar-refractivity contribution >= 4 is 43.5 Å². The van der Waals surface area contributed by atoms with E-state index in [-0.39, 0.29) is 30.7 Å². The molecule has 0 radical (unpaired) electrons. The second-order valence-electron chi connectivity index (χ2n) is 11.0. The molecule has 220 valence electrons. The van der Waals surface area contributed by atoms with Gasteiger partial charge in [-0.3, -0.25) is 13.9 Å². The second-order valence-corrected chi connectivity index (χ2v) is 13.8. The van der Waals surface area contributed by atoms with E-state index in [2.05, 4.69) is 21.2 Å². The molecular weight excluding hydrogens is 602 g/mol. The number of carbonyl (C=O) groups excluding carboxylic acids is 2. The molecule has 0 bridgehead atoms. The third kappa shape index (κ3) is 9.43. The molecule has 0 aliphatic rings. The number of halogens is 1. The van der Waals surface area contributed by atoms with Crippen LogP contribution in [-0.2, 0) is 32.6 Å². The molecular formula is C32H40BrN3O4S. The van der Waals surface area contributed by atoms with Crippen LogP contribution in [0.25, 0.3) is 0 Å². The fourth-order valence-electron chi connectivity index (χ4n) is 4.61. The van der Waals surface area contributed by atoms with E-state index in [0.29, 0.717) is 12.2 Å². The molecule has 0 aliphatic heterocycles. The number of amides is 2. The van der Waals surface area contributed by atoms with Crippen LogP contribution in [0.15, 0.2) is 83.3 Å². The number of nitrogens with one attached hydrogen (secondary N) is 1. The lowest BCUT2D eigenvalue weighted by molar-refractivity contribution is -0.140. The number of benzene rings is 3. The van der Waals surface area contributed by atoms with Crippen molar-refractivity contribution in [3.63, 3.8) is 0 Å². The minimum Gasteiger partial charge on any atom is -0.354 e. The van der Waals surface area contributed by atoms with E-state index < -0.39 is 28.5 Å². The highest BCUT2D eigenvalue weighted by Crippen LogP contribution is 2.29. The van der Waals surface area contributed by atoms with Crippen molar-refractivity contribution in [2.75, 3.05) is 23.7 Å². The van der Waals surface area contributed by atoms with Gasteiger partial charge in [-0.2, -0.15) is 0 Å². The molecule has 0 aliphatic carbocycles. The van der Waals surface area contributed by atoms with Crippen molar-refractivity contribution in [2.45, 2.75) is 52.6 Å². The van der Waals surface area contributed by atoms with Crippen LogP contribution in [0.1, 0.15) is 50.3 Å². The Morgan fingerprint density at radius 1 is 0.878 bits per heavy atom. The second kappa shape index (κ2) is 14.6. The molecule has 3 rings (SSSR count). The molecule has 9 heteroatoms. The van der Waals surface area contributed by atoms with Crippen molar-refractivity contribution < 1.29 is 18.0 Å². The van der Waals surface area contributed by atoms with Crippen LogP contribution in [0.4, 0.5) is 5.69 Å². The number of nitrogens with zero attached hydrogens (tertiary/aromatic N) is 2. The summed E-state index contributed by atoms with van der Waals surface area (Å²) in [6.07, 6.45) is 1.39. The molecule has 1 N–H and O–H groups in total. The van der Waals surface area contributed by atoms with E-state index in [4.69, 9.17) is 0 Å². The minimum atomic E-state index is -3.83. The van der Waals surface area contributed by atoms with Gasteiger partial charge in [-0.1, -0.05) is 104 Å². The Morgan fingerprint density at radius 3 is 2.12 bits per heavy atom. The van der Waals surface area contributed by atoms with E-state index >= 15 is 0 Å². The highest BCUT2D eigenvalue weighted by molar-refractivity contribution is 9.10. The summed E-state index contributed by atoms with van der Waals surface area (Å²) in [6.45, 7) is 8.14. The molecule has 0 aromatic heterocycles. The maximum Gasteiger partial charge on any atom is 0.244 e. The summed E-state index contributed by atoms with van der Waals surface area (Å²) in [5.41, 5.74) is 3.00. The van der Waals surface area contributed by atoms with Crippen molar-refractivity contribution in [1.82, 2.24) is 10.2 Å². The lowest BCUT2D eigenvalue weighted by Gasteiger charge is -2.34. The first kappa shape index (κ1) is 32.3. The summed E-state index contributed by atoms with van der Waals surface area (Å²) in [4.78, 5) is 29.5. The van der Waals surface area contributed by atoms with Crippen molar-refractivity contribution in [1.29, 1.82) is 0 Å². The molecule has 0 unspecified atom stereocenters. The average Bonchev–Trinajstić information content (AvgIpc) is 2.92. The first-order valence-electron chi connectivity index (χ1n) is 13.8. The first-order chi connectivity index (χ1) is 19.4. The van der Waals surface area contributed by atoms with E-state index in [1.165, 1.54) is 4.90 Å². The molecule has 7 nitrogen and oxygen atoms in total. The fourth-order valence-corrected chi connectivity index (χ4v) is 5.92. The van der Waals surface area contributed by atoms with Gasteiger partial charge in [-0.15, -0.1) is 0 Å². The zero-order chi connectivity index (χ0) is 30.2. The normalized spacial score (nSPS) is 12.3. The van der Waals surface area contributed by atoms with Gasteiger partial charge in [-0.25, -0.2) is 8.42 Å². The lowest BCUT2D eigenvalue weighted by Crippen LogP contribution is -2.53. The molecule has 1 atom stereocenters. The molecule has 0 spiro atoms. The van der Waals surface area contributed by atoms with Crippen LogP contribution in [0, 0.1) is 5.92 Å². The summed E-state index contributed by atoms with van der Waals surface area (Å²) in [5, 5.41) is 3.00. The van der Waals surface area contributed by atoms with E-state index in [1.54, 1.807) is 12.1 Å². The third-order valence-electron chi connectivity index (χ3n) is 6.70. The molecule has 3 aromatic carbocycles. The molecule has 0 saturated heterocycles. The summed E-state index contributed by atoms with van der Waals surface area (Å²) in [7, 11) is -3.83. The summed E-state index contributed by atoms with van der Waals surface area (Å²) in [5.74, 6) is -0.483. The Kier molecular flexibility index (Phi) is 11.5. The Bertz CT molecular complexity index is 1430. The van der Waals surface area contributed by atoms with E-state index in [9.17, 15) is 18.0 Å². The monoisotopic (exact) mass is 641 g/mol. The lowest BCUT2D eigenvalue weighted by atomic mass is 10.0. The zero-order valence-corrected chi connectivity index (χ0v) is 26.8. The van der Waals surface area contributed by atoms with Crippen LogP contribution in [-0.4, -0.2) is 50.5 Å². The van der Waals surface area contributed by atoms with Gasteiger partial charge in [0.2, 0.25) is 21.8 Å². The van der Waals surface area contributed by atoms with Crippen LogP contribution in [0.3, 0.4) is 0 Å². The van der Waals surface area contributed by atoms with Crippen molar-refractivity contribution in [2.24, 2.45) is 5.92 Å². The average molecular weight is 643 g/mol. The predicted molar refractivity (Wildman–Crippen MR) is 169 cm³/mol. The fraction of sp³-hybridized carbons (Fsp3) is 0.375. The van der Waals surface area contributed by atoms with Crippen LogP contribution < -0.4 is 9.62 Å². The van der Waals surface area contributed by atoms with Gasteiger partial charge < -0.3 is 10.2 Å². The quantitative estimate of drug-likeness (QED) is 0.257. The number of sulfonamides is 1. The Hall–Kier alpha value is -3.17. The number of hydrogen-bond acceptors (Lipinski definition) is 4. The van der Waals surface area contributed by atoms with Gasteiger partial charge in [0.1, 0.15) is 12.6 Å². The highest BCUT2D eigenvalue weighted by atomic mass is 79.9. The smallest absolute Gasteiger partial charge is 0.244 e. The molecule has 2 amide bonds. The minimum absolute atomic E-state index is 0.0379. The molecule has 0 fully saturated rings. The Morgan fingerprint density at radius 2 is 1.51 bits per heavy atom. The van der Waals surface area contributed by atoms with Gasteiger partial charge in [0.15, 0.2) is 0 Å². The van der Waals surface area contributed by atoms with Gasteiger partial charge in [-0.05, 0) is 46.7 Å². The number of para-hydroxylation sites is 1. The highest BCUT2D eigenvalue weighted by Gasteiger charge is 2.33. The Balaban J connectivity index is 2.09. The van der Waals surface area contributed by atoms with E-state index in [0.717, 1.165) is 31.7 Å². The molecule has 0 saturated carbocycles. The largest absolute Gasteiger partial charge is 0.354 e. The Labute approximate surface area is 253 Å². The van der Waals surface area contributed by atoms with Crippen LogP contribution in [0.5, 0.6) is 0 Å². The first-order valence-corrected chi connectivity index (χ1v) is 16.4. The van der Waals surface area contributed by atoms with Gasteiger partial charge in [0.25, 0.3) is 0 Å². The van der Waals surface area contributed by atoms with Gasteiger partial charge in [0.05, 0.1) is 11.9 Å². The summed E-state index contributed by atoms with van der Waals surface area (Å²) in [6, 6.07) is 23.4. The van der Waals surface area contributed by atoms with Crippen LogP contribution in [0.2, 0.25) is 0 Å². The van der Waals surface area contributed by atoms with E-state index in [1.807, 2.05) is 94.4 Å². The standard InChI is InChI=1S/C32H40BrN3O4S/c1-23(2)20-34-32(38)30(19-25-12-7-6-8-13-25)35(21-26-14-11-15-27(33)18-26)31(37)22-36(41(5,39)40)29-17-10-9-16-28(29)24(3)4/h6-18,23-24,30H,19-22H2,1-5H3,(H,34,38)/t30-/m1/s1. The summed E-state index contributed by atoms with van der Waals surface area (Å²) < 4.78 is 28.2. The third-order valence-corrected chi connectivity index (χ3v) is 8.32. The summed E-state index contributed by atoms with van der Waals surface area (Å²) >= 11 is 3.50. The molecule has 0 heterocycles. The van der Waals surface area contributed by atoms with Gasteiger partial charge in [0, 0.05) is 24.0 Å². The predicted octanol–water partition coefficient (Wildman–Crippen LogP) is 5.75. The number of rotatable bonds is 13. The van der Waals surface area contributed by atoms with Crippen molar-refractivity contribution in [3.8, 4) is 0 Å². The van der Waals surface area contributed by atoms with Crippen LogP contribution >= 0.6 is 15.9 Å². The zero-order valence-electron chi connectivity index (χ0n) is 24.4. The van der Waals surface area contributed by atoms with Crippen molar-refractivity contribution in [3.05, 3.63) is 100 Å². The SMILES string of the molecule is CC(C)CNC(=O)[C@@H](Cc1ccccc1)N(Cc1cccc(Br)c1)C(=O)CN(c1ccccc1C(C)C)S(C)(=O)=O.